The predicted octanol–water partition coefficient (Wildman–Crippen LogP) is 0.217. The van der Waals surface area contributed by atoms with Crippen LogP contribution in [-0.2, 0) is 4.79 Å². The molecule has 2 rings (SSSR count). The zero-order valence-electron chi connectivity index (χ0n) is 7.55. The molecule has 2 aliphatic rings. The minimum absolute atomic E-state index is 0.332. The highest BCUT2D eigenvalue weighted by Gasteiger charge is 2.34. The number of amides is 1. The van der Waals surface area contributed by atoms with Crippen LogP contribution in [0.3, 0.4) is 0 Å². The lowest BCUT2D eigenvalue weighted by Crippen LogP contribution is -2.53. The Morgan fingerprint density at radius 2 is 2.33 bits per heavy atom. The molecule has 12 heavy (non-hydrogen) atoms. The van der Waals surface area contributed by atoms with Crippen molar-refractivity contribution >= 4 is 5.91 Å². The normalized spacial score (nSPS) is 36.4. The van der Waals surface area contributed by atoms with Crippen LogP contribution in [-0.4, -0.2) is 37.0 Å². The first-order valence-corrected chi connectivity index (χ1v) is 4.75. The highest BCUT2D eigenvalue weighted by molar-refractivity contribution is 5.77. The van der Waals surface area contributed by atoms with Gasteiger partial charge < -0.3 is 10.2 Å². The Labute approximate surface area is 73.1 Å². The van der Waals surface area contributed by atoms with Gasteiger partial charge in [0.05, 0.1) is 0 Å². The van der Waals surface area contributed by atoms with E-state index in [1.165, 1.54) is 0 Å². The van der Waals surface area contributed by atoms with Crippen LogP contribution in [0.4, 0.5) is 0 Å². The van der Waals surface area contributed by atoms with Gasteiger partial charge in [0.25, 0.3) is 0 Å². The third kappa shape index (κ3) is 1.22. The zero-order chi connectivity index (χ0) is 8.55. The molecular formula is C9H16N2O. The number of carbonyl (C=O) groups excluding carboxylic acids is 1. The topological polar surface area (TPSA) is 32.3 Å². The lowest BCUT2D eigenvalue weighted by molar-refractivity contribution is -0.137. The van der Waals surface area contributed by atoms with Crippen LogP contribution >= 0.6 is 0 Å². The first-order valence-electron chi connectivity index (χ1n) is 4.75. The van der Waals surface area contributed by atoms with E-state index >= 15 is 0 Å². The van der Waals surface area contributed by atoms with Gasteiger partial charge >= 0.3 is 0 Å². The average Bonchev–Trinajstić information content (AvgIpc) is 2.12. The van der Waals surface area contributed by atoms with Crippen molar-refractivity contribution in [1.82, 2.24) is 10.2 Å². The first kappa shape index (κ1) is 8.05. The maximum absolute atomic E-state index is 11.4. The second-order valence-corrected chi connectivity index (χ2v) is 3.86. The Bertz CT molecular complexity index is 193. The second kappa shape index (κ2) is 3.05. The highest BCUT2D eigenvalue weighted by atomic mass is 16.2. The van der Waals surface area contributed by atoms with Crippen molar-refractivity contribution in [3.63, 3.8) is 0 Å². The predicted molar refractivity (Wildman–Crippen MR) is 46.8 cm³/mol. The van der Waals surface area contributed by atoms with E-state index in [1.807, 2.05) is 11.9 Å². The summed E-state index contributed by atoms with van der Waals surface area (Å²) < 4.78 is 0. The van der Waals surface area contributed by atoms with Gasteiger partial charge in [0.15, 0.2) is 0 Å². The minimum atomic E-state index is 0.332. The number of rotatable bonds is 0. The van der Waals surface area contributed by atoms with Crippen molar-refractivity contribution in [3.8, 4) is 0 Å². The van der Waals surface area contributed by atoms with Crippen molar-refractivity contribution in [2.75, 3.05) is 20.1 Å². The Morgan fingerprint density at radius 3 is 3.17 bits per heavy atom. The van der Waals surface area contributed by atoms with Crippen molar-refractivity contribution in [1.29, 1.82) is 0 Å². The van der Waals surface area contributed by atoms with Gasteiger partial charge in [-0.2, -0.15) is 0 Å². The van der Waals surface area contributed by atoms with Crippen LogP contribution in [0.5, 0.6) is 0 Å². The van der Waals surface area contributed by atoms with Crippen molar-refractivity contribution in [3.05, 3.63) is 0 Å². The molecule has 0 aromatic carbocycles. The monoisotopic (exact) mass is 168 g/mol. The largest absolute Gasteiger partial charge is 0.342 e. The lowest BCUT2D eigenvalue weighted by atomic mass is 9.85. The summed E-state index contributed by atoms with van der Waals surface area (Å²) in [5.41, 5.74) is 0. The van der Waals surface area contributed by atoms with Crippen LogP contribution in [0.15, 0.2) is 0 Å². The maximum atomic E-state index is 11.4. The molecule has 0 aromatic heterocycles. The van der Waals surface area contributed by atoms with E-state index in [2.05, 4.69) is 5.32 Å². The summed E-state index contributed by atoms with van der Waals surface area (Å²) in [6.45, 7) is 2.17. The Kier molecular flexibility index (Phi) is 2.05. The summed E-state index contributed by atoms with van der Waals surface area (Å²) >= 11 is 0. The van der Waals surface area contributed by atoms with Gasteiger partial charge in [0.1, 0.15) is 0 Å². The van der Waals surface area contributed by atoms with Crippen molar-refractivity contribution in [2.45, 2.75) is 25.3 Å². The first-order chi connectivity index (χ1) is 5.79. The molecule has 2 heterocycles. The Balaban J connectivity index is 2.08. The van der Waals surface area contributed by atoms with Gasteiger partial charge in [-0.1, -0.05) is 0 Å². The van der Waals surface area contributed by atoms with E-state index in [0.717, 1.165) is 32.4 Å². The average molecular weight is 168 g/mol. The van der Waals surface area contributed by atoms with Crippen LogP contribution in [0.25, 0.3) is 0 Å². The molecule has 3 nitrogen and oxygen atoms in total. The quantitative estimate of drug-likeness (QED) is 0.561. The molecule has 1 amide bonds. The van der Waals surface area contributed by atoms with Gasteiger partial charge in [0.2, 0.25) is 5.91 Å². The van der Waals surface area contributed by atoms with Crippen LogP contribution in [0.2, 0.25) is 0 Å². The molecular weight excluding hydrogens is 152 g/mol. The number of nitrogens with zero attached hydrogens (tertiary/aromatic N) is 1. The molecule has 1 N–H and O–H groups in total. The molecule has 0 aromatic rings. The fourth-order valence-electron chi connectivity index (χ4n) is 2.38. The van der Waals surface area contributed by atoms with Crippen LogP contribution in [0, 0.1) is 5.92 Å². The van der Waals surface area contributed by atoms with Gasteiger partial charge in [-0.15, -0.1) is 0 Å². The number of nitrogens with one attached hydrogen (secondary N) is 1. The number of likely N-dealkylation sites (tertiary alicyclic amines) is 1. The summed E-state index contributed by atoms with van der Waals surface area (Å²) in [5, 5.41) is 3.38. The van der Waals surface area contributed by atoms with E-state index in [0.29, 0.717) is 17.9 Å². The minimum Gasteiger partial charge on any atom is -0.342 e. The van der Waals surface area contributed by atoms with Crippen molar-refractivity contribution < 1.29 is 4.79 Å². The second-order valence-electron chi connectivity index (χ2n) is 3.86. The van der Waals surface area contributed by atoms with E-state index in [9.17, 15) is 4.79 Å². The highest BCUT2D eigenvalue weighted by Crippen LogP contribution is 2.26. The van der Waals surface area contributed by atoms with Crippen LogP contribution in [0.1, 0.15) is 19.3 Å². The fraction of sp³-hybridized carbons (Fsp3) is 0.889. The lowest BCUT2D eigenvalue weighted by Gasteiger charge is -2.42. The van der Waals surface area contributed by atoms with Crippen LogP contribution < -0.4 is 5.32 Å². The Hall–Kier alpha value is -0.570. The number of hydrogen-bond donors (Lipinski definition) is 1. The standard InChI is InChI=1S/C9H16N2O/c1-11-8-4-5-10-6-7(8)2-3-9(11)12/h7-8,10H,2-6H2,1H3/t7-,8-/m1/s1. The molecule has 2 atom stereocenters. The van der Waals surface area contributed by atoms with Gasteiger partial charge in [-0.3, -0.25) is 4.79 Å². The Morgan fingerprint density at radius 1 is 1.50 bits per heavy atom. The molecule has 0 saturated carbocycles. The fourth-order valence-corrected chi connectivity index (χ4v) is 2.38. The smallest absolute Gasteiger partial charge is 0.222 e. The molecule has 2 saturated heterocycles. The SMILES string of the molecule is CN1C(=O)CC[C@@H]2CNCC[C@H]21. The summed E-state index contributed by atoms with van der Waals surface area (Å²) in [5.74, 6) is 1.04. The number of carbonyl (C=O) groups is 1. The summed E-state index contributed by atoms with van der Waals surface area (Å²) in [6, 6.07) is 0.521. The molecule has 2 fully saturated rings. The van der Waals surface area contributed by atoms with E-state index in [-0.39, 0.29) is 0 Å². The number of hydrogen-bond acceptors (Lipinski definition) is 2. The summed E-state index contributed by atoms with van der Waals surface area (Å²) in [6.07, 6.45) is 2.97. The third-order valence-corrected chi connectivity index (χ3v) is 3.19. The van der Waals surface area contributed by atoms with Crippen molar-refractivity contribution in [2.24, 2.45) is 5.92 Å². The van der Waals surface area contributed by atoms with Gasteiger partial charge in [0, 0.05) is 19.5 Å². The summed E-state index contributed by atoms with van der Waals surface area (Å²) in [4.78, 5) is 13.3. The van der Waals surface area contributed by atoms with E-state index in [4.69, 9.17) is 0 Å². The maximum Gasteiger partial charge on any atom is 0.222 e. The number of piperidine rings is 2. The molecule has 0 aliphatic carbocycles. The molecule has 0 bridgehead atoms. The molecule has 2 aliphatic heterocycles. The van der Waals surface area contributed by atoms with Gasteiger partial charge in [-0.05, 0) is 31.8 Å². The van der Waals surface area contributed by atoms with E-state index < -0.39 is 0 Å². The third-order valence-electron chi connectivity index (χ3n) is 3.19. The molecule has 3 heteroatoms. The molecule has 0 unspecified atom stereocenters. The molecule has 68 valence electrons. The molecule has 0 spiro atoms. The molecule has 0 radical (unpaired) electrons. The zero-order valence-corrected chi connectivity index (χ0v) is 7.55. The van der Waals surface area contributed by atoms with E-state index in [1.54, 1.807) is 0 Å². The van der Waals surface area contributed by atoms with Gasteiger partial charge in [-0.25, -0.2) is 0 Å². The number of fused-ring (bicyclic) bond motifs is 1. The summed E-state index contributed by atoms with van der Waals surface area (Å²) in [7, 11) is 1.95.